The first kappa shape index (κ1) is 15.5. The lowest BCUT2D eigenvalue weighted by Crippen LogP contribution is -2.49. The summed E-state index contributed by atoms with van der Waals surface area (Å²) in [4.78, 5) is 12.3. The minimum absolute atomic E-state index is 0.0573. The van der Waals surface area contributed by atoms with Crippen molar-refractivity contribution < 1.29 is 4.79 Å². The summed E-state index contributed by atoms with van der Waals surface area (Å²) in [6, 6.07) is 5.41. The standard InChI is InChI=1S/C14H19BrClNO/c1-4-14(5-2,9-15)17-13(18)11-7-6-8-12(16)10(11)3/h6-8H,4-5,9H2,1-3H3,(H,17,18). The number of carbonyl (C=O) groups excluding carboxylic acids is 1. The topological polar surface area (TPSA) is 29.1 Å². The predicted octanol–water partition coefficient (Wildman–Crippen LogP) is 4.33. The number of benzene rings is 1. The van der Waals surface area contributed by atoms with Crippen molar-refractivity contribution in [1.29, 1.82) is 0 Å². The molecule has 0 aliphatic heterocycles. The van der Waals surface area contributed by atoms with E-state index in [4.69, 9.17) is 11.6 Å². The van der Waals surface area contributed by atoms with Crippen LogP contribution in [-0.2, 0) is 0 Å². The maximum Gasteiger partial charge on any atom is 0.252 e. The van der Waals surface area contributed by atoms with Crippen LogP contribution in [0.3, 0.4) is 0 Å². The first-order valence-electron chi connectivity index (χ1n) is 6.13. The molecule has 0 heterocycles. The molecule has 1 rings (SSSR count). The second kappa shape index (κ2) is 6.58. The Labute approximate surface area is 122 Å². The molecule has 0 spiro atoms. The average Bonchev–Trinajstić information content (AvgIpc) is 2.39. The van der Waals surface area contributed by atoms with Crippen molar-refractivity contribution in [2.75, 3.05) is 5.33 Å². The van der Waals surface area contributed by atoms with E-state index < -0.39 is 0 Å². The van der Waals surface area contributed by atoms with Crippen molar-refractivity contribution in [2.24, 2.45) is 0 Å². The Hall–Kier alpha value is -0.540. The quantitative estimate of drug-likeness (QED) is 0.799. The molecule has 1 aromatic carbocycles. The lowest BCUT2D eigenvalue weighted by Gasteiger charge is -2.31. The lowest BCUT2D eigenvalue weighted by molar-refractivity contribution is 0.0903. The highest BCUT2D eigenvalue weighted by atomic mass is 79.9. The van der Waals surface area contributed by atoms with Crippen molar-refractivity contribution >= 4 is 33.4 Å². The largest absolute Gasteiger partial charge is 0.346 e. The fourth-order valence-corrected chi connectivity index (χ4v) is 2.92. The van der Waals surface area contributed by atoms with Crippen LogP contribution in [-0.4, -0.2) is 16.8 Å². The van der Waals surface area contributed by atoms with E-state index in [1.807, 2.05) is 6.92 Å². The molecule has 4 heteroatoms. The van der Waals surface area contributed by atoms with Crippen molar-refractivity contribution in [2.45, 2.75) is 39.2 Å². The Morgan fingerprint density at radius 3 is 2.50 bits per heavy atom. The fraction of sp³-hybridized carbons (Fsp3) is 0.500. The summed E-state index contributed by atoms with van der Waals surface area (Å²) >= 11 is 9.53. The van der Waals surface area contributed by atoms with Crippen LogP contribution in [0.25, 0.3) is 0 Å². The first-order chi connectivity index (χ1) is 8.49. The molecule has 0 saturated carbocycles. The molecule has 2 nitrogen and oxygen atoms in total. The number of hydrogen-bond donors (Lipinski definition) is 1. The van der Waals surface area contributed by atoms with Crippen LogP contribution in [0.1, 0.15) is 42.6 Å². The molecule has 18 heavy (non-hydrogen) atoms. The van der Waals surface area contributed by atoms with E-state index >= 15 is 0 Å². The number of alkyl halides is 1. The summed E-state index contributed by atoms with van der Waals surface area (Å²) < 4.78 is 0. The third-order valence-electron chi connectivity index (χ3n) is 3.50. The maximum atomic E-state index is 12.3. The Morgan fingerprint density at radius 2 is 2.00 bits per heavy atom. The molecular formula is C14H19BrClNO. The molecule has 0 fully saturated rings. The number of hydrogen-bond acceptors (Lipinski definition) is 1. The third kappa shape index (κ3) is 3.27. The van der Waals surface area contributed by atoms with Gasteiger partial charge in [-0.05, 0) is 37.5 Å². The van der Waals surface area contributed by atoms with Gasteiger partial charge in [0.25, 0.3) is 5.91 Å². The zero-order valence-electron chi connectivity index (χ0n) is 11.0. The molecule has 0 aliphatic carbocycles. The fourth-order valence-electron chi connectivity index (χ4n) is 1.81. The number of halogens is 2. The van der Waals surface area contributed by atoms with Crippen molar-refractivity contribution in [1.82, 2.24) is 5.32 Å². The van der Waals surface area contributed by atoms with Gasteiger partial charge in [0.2, 0.25) is 0 Å². The van der Waals surface area contributed by atoms with Gasteiger partial charge in [0.1, 0.15) is 0 Å². The van der Waals surface area contributed by atoms with Gasteiger partial charge in [0.15, 0.2) is 0 Å². The van der Waals surface area contributed by atoms with Crippen LogP contribution in [0.4, 0.5) is 0 Å². The van der Waals surface area contributed by atoms with Gasteiger partial charge in [-0.25, -0.2) is 0 Å². The smallest absolute Gasteiger partial charge is 0.252 e. The molecule has 1 N–H and O–H groups in total. The summed E-state index contributed by atoms with van der Waals surface area (Å²) in [6.45, 7) is 6.02. The second-order valence-corrected chi connectivity index (χ2v) is 5.46. The van der Waals surface area contributed by atoms with Crippen LogP contribution in [0.5, 0.6) is 0 Å². The summed E-state index contributed by atoms with van der Waals surface area (Å²) in [5.74, 6) is -0.0573. The molecule has 0 saturated heterocycles. The highest BCUT2D eigenvalue weighted by molar-refractivity contribution is 9.09. The predicted molar refractivity (Wildman–Crippen MR) is 80.8 cm³/mol. The third-order valence-corrected chi connectivity index (χ3v) is 4.98. The summed E-state index contributed by atoms with van der Waals surface area (Å²) in [5.41, 5.74) is 1.29. The first-order valence-corrected chi connectivity index (χ1v) is 7.63. The number of nitrogens with one attached hydrogen (secondary N) is 1. The maximum absolute atomic E-state index is 12.3. The summed E-state index contributed by atoms with van der Waals surface area (Å²) in [5, 5.41) is 4.49. The van der Waals surface area contributed by atoms with E-state index in [-0.39, 0.29) is 11.4 Å². The summed E-state index contributed by atoms with van der Waals surface area (Å²) in [7, 11) is 0. The second-order valence-electron chi connectivity index (χ2n) is 4.49. The van der Waals surface area contributed by atoms with Gasteiger partial charge in [-0.15, -0.1) is 0 Å². The zero-order valence-corrected chi connectivity index (χ0v) is 13.4. The Morgan fingerprint density at radius 1 is 1.39 bits per heavy atom. The summed E-state index contributed by atoms with van der Waals surface area (Å²) in [6.07, 6.45) is 1.78. The van der Waals surface area contributed by atoms with Gasteiger partial charge in [-0.1, -0.05) is 47.4 Å². The average molecular weight is 333 g/mol. The molecule has 0 bridgehead atoms. The lowest BCUT2D eigenvalue weighted by atomic mass is 9.94. The Balaban J connectivity index is 2.98. The Kier molecular flexibility index (Phi) is 5.67. The molecule has 0 atom stereocenters. The number of carbonyl (C=O) groups is 1. The molecule has 0 aliphatic rings. The van der Waals surface area contributed by atoms with Crippen LogP contribution < -0.4 is 5.32 Å². The van der Waals surface area contributed by atoms with E-state index in [1.54, 1.807) is 18.2 Å². The van der Waals surface area contributed by atoms with E-state index in [0.29, 0.717) is 10.6 Å². The van der Waals surface area contributed by atoms with Gasteiger partial charge >= 0.3 is 0 Å². The van der Waals surface area contributed by atoms with Gasteiger partial charge in [0, 0.05) is 21.5 Å². The Bertz CT molecular complexity index is 422. The van der Waals surface area contributed by atoms with E-state index in [1.165, 1.54) is 0 Å². The van der Waals surface area contributed by atoms with Crippen LogP contribution in [0.2, 0.25) is 5.02 Å². The molecule has 1 amide bonds. The molecule has 1 aromatic rings. The van der Waals surface area contributed by atoms with Gasteiger partial charge < -0.3 is 5.32 Å². The van der Waals surface area contributed by atoms with E-state index in [2.05, 4.69) is 35.1 Å². The molecule has 0 unspecified atom stereocenters. The number of rotatable bonds is 5. The van der Waals surface area contributed by atoms with Crippen LogP contribution in [0.15, 0.2) is 18.2 Å². The minimum atomic E-state index is -0.189. The minimum Gasteiger partial charge on any atom is -0.346 e. The van der Waals surface area contributed by atoms with Crippen LogP contribution in [0, 0.1) is 6.92 Å². The van der Waals surface area contributed by atoms with Gasteiger partial charge in [0.05, 0.1) is 0 Å². The van der Waals surface area contributed by atoms with Crippen LogP contribution >= 0.6 is 27.5 Å². The van der Waals surface area contributed by atoms with E-state index in [9.17, 15) is 4.79 Å². The monoisotopic (exact) mass is 331 g/mol. The van der Waals surface area contributed by atoms with Gasteiger partial charge in [-0.3, -0.25) is 4.79 Å². The highest BCUT2D eigenvalue weighted by Gasteiger charge is 2.27. The zero-order chi connectivity index (χ0) is 13.8. The SMILES string of the molecule is CCC(CC)(CBr)NC(=O)c1cccc(Cl)c1C. The highest BCUT2D eigenvalue weighted by Crippen LogP contribution is 2.22. The van der Waals surface area contributed by atoms with Crippen molar-refractivity contribution in [3.63, 3.8) is 0 Å². The molecular weight excluding hydrogens is 314 g/mol. The van der Waals surface area contributed by atoms with E-state index in [0.717, 1.165) is 23.7 Å². The van der Waals surface area contributed by atoms with Crippen molar-refractivity contribution in [3.8, 4) is 0 Å². The molecule has 100 valence electrons. The van der Waals surface area contributed by atoms with Crippen molar-refractivity contribution in [3.05, 3.63) is 34.3 Å². The molecule has 0 aromatic heterocycles. The normalized spacial score (nSPS) is 11.4. The van der Waals surface area contributed by atoms with Gasteiger partial charge in [-0.2, -0.15) is 0 Å². The molecule has 0 radical (unpaired) electrons. The number of amides is 1.